The number of nitrogens with one attached hydrogen (secondary N) is 1. The van der Waals surface area contributed by atoms with E-state index in [1.807, 2.05) is 0 Å². The molecule has 0 spiro atoms. The van der Waals surface area contributed by atoms with Crippen LogP contribution < -0.4 is 5.32 Å². The average molecular weight is 359 g/mol. The van der Waals surface area contributed by atoms with E-state index < -0.39 is 0 Å². The summed E-state index contributed by atoms with van der Waals surface area (Å²) < 4.78 is 7.74. The number of benzene rings is 1. The number of aromatic nitrogens is 3. The Balaban J connectivity index is 1.33. The first-order chi connectivity index (χ1) is 12.2. The summed E-state index contributed by atoms with van der Waals surface area (Å²) in [5, 5.41) is 13.0. The molecule has 1 N–H and O–H groups in total. The zero-order chi connectivity index (χ0) is 17.2. The molecule has 134 valence electrons. The summed E-state index contributed by atoms with van der Waals surface area (Å²) in [7, 11) is 0. The molecule has 0 saturated carbocycles. The van der Waals surface area contributed by atoms with Crippen LogP contribution in [0.3, 0.4) is 0 Å². The minimum atomic E-state index is 0.320. The fraction of sp³-hybridized carbons (Fsp3) is 0.611. The first-order valence-electron chi connectivity index (χ1n) is 9.16. The van der Waals surface area contributed by atoms with Crippen LogP contribution >= 0.6 is 12.2 Å². The van der Waals surface area contributed by atoms with Crippen LogP contribution in [0.4, 0.5) is 0 Å². The van der Waals surface area contributed by atoms with Crippen molar-refractivity contribution in [2.45, 2.75) is 44.8 Å². The highest BCUT2D eigenvalue weighted by Gasteiger charge is 2.25. The van der Waals surface area contributed by atoms with E-state index in [2.05, 4.69) is 50.3 Å². The quantitative estimate of drug-likeness (QED) is 0.850. The summed E-state index contributed by atoms with van der Waals surface area (Å²) in [6.45, 7) is 5.70. The largest absolute Gasteiger partial charge is 0.376 e. The minimum absolute atomic E-state index is 0.320. The van der Waals surface area contributed by atoms with E-state index in [9.17, 15) is 0 Å². The zero-order valence-electron chi connectivity index (χ0n) is 14.6. The Morgan fingerprint density at radius 2 is 2.16 bits per heavy atom. The van der Waals surface area contributed by atoms with Crippen LogP contribution in [0.25, 0.3) is 11.0 Å². The number of piperidine rings is 1. The highest BCUT2D eigenvalue weighted by Crippen LogP contribution is 2.25. The van der Waals surface area contributed by atoms with Crippen molar-refractivity contribution >= 4 is 28.4 Å². The second-order valence-electron chi connectivity index (χ2n) is 7.07. The van der Waals surface area contributed by atoms with E-state index >= 15 is 0 Å². The van der Waals surface area contributed by atoms with Gasteiger partial charge in [0.1, 0.15) is 5.52 Å². The molecule has 2 fully saturated rings. The van der Waals surface area contributed by atoms with Gasteiger partial charge in [-0.2, -0.15) is 0 Å². The third-order valence-electron chi connectivity index (χ3n) is 5.23. The van der Waals surface area contributed by atoms with Gasteiger partial charge in [-0.05, 0) is 62.5 Å². The number of hydrogen-bond acceptors (Lipinski definition) is 4. The van der Waals surface area contributed by atoms with Gasteiger partial charge in [-0.25, -0.2) is 4.68 Å². The Morgan fingerprint density at radius 1 is 1.32 bits per heavy atom. The van der Waals surface area contributed by atoms with Crippen molar-refractivity contribution < 1.29 is 4.74 Å². The number of thiocarbonyl (C=S) groups is 1. The molecule has 25 heavy (non-hydrogen) atoms. The number of nitrogens with zero attached hydrogens (tertiary/aromatic N) is 4. The fourth-order valence-corrected chi connectivity index (χ4v) is 4.02. The topological polar surface area (TPSA) is 55.2 Å². The van der Waals surface area contributed by atoms with Gasteiger partial charge in [-0.15, -0.1) is 5.10 Å². The number of hydrogen-bond donors (Lipinski definition) is 1. The van der Waals surface area contributed by atoms with Crippen LogP contribution in [0.1, 0.15) is 37.3 Å². The van der Waals surface area contributed by atoms with E-state index in [4.69, 9.17) is 17.0 Å². The number of fused-ring (bicyclic) bond motifs is 1. The van der Waals surface area contributed by atoms with Crippen molar-refractivity contribution in [2.24, 2.45) is 0 Å². The summed E-state index contributed by atoms with van der Waals surface area (Å²) in [6, 6.07) is 6.75. The first-order valence-corrected chi connectivity index (χ1v) is 9.57. The summed E-state index contributed by atoms with van der Waals surface area (Å²) in [4.78, 5) is 2.27. The van der Waals surface area contributed by atoms with Crippen molar-refractivity contribution in [2.75, 3.05) is 26.2 Å². The van der Waals surface area contributed by atoms with Gasteiger partial charge in [0, 0.05) is 26.2 Å². The van der Waals surface area contributed by atoms with Crippen LogP contribution in [0.5, 0.6) is 0 Å². The lowest BCUT2D eigenvalue weighted by Gasteiger charge is -2.34. The molecule has 2 aliphatic rings. The SMILES string of the molecule is Cc1ccc2c(c1)nnn2C1CCN(C(=S)NC[C@@H]2CCCO2)CC1. The van der Waals surface area contributed by atoms with Gasteiger partial charge >= 0.3 is 0 Å². The molecule has 7 heteroatoms. The van der Waals surface area contributed by atoms with E-state index in [0.717, 1.165) is 68.1 Å². The van der Waals surface area contributed by atoms with Gasteiger partial charge in [0.2, 0.25) is 0 Å². The average Bonchev–Trinajstić information content (AvgIpc) is 3.29. The van der Waals surface area contributed by atoms with E-state index in [0.29, 0.717) is 12.1 Å². The maximum absolute atomic E-state index is 5.65. The Morgan fingerprint density at radius 3 is 2.92 bits per heavy atom. The Bertz CT molecular complexity index is 747. The third kappa shape index (κ3) is 3.62. The first kappa shape index (κ1) is 16.7. The molecule has 2 aliphatic heterocycles. The third-order valence-corrected chi connectivity index (χ3v) is 5.63. The number of aryl methyl sites for hydroxylation is 1. The number of ether oxygens (including phenoxy) is 1. The smallest absolute Gasteiger partial charge is 0.169 e. The lowest BCUT2D eigenvalue weighted by atomic mass is 10.1. The van der Waals surface area contributed by atoms with Crippen molar-refractivity contribution in [3.63, 3.8) is 0 Å². The van der Waals surface area contributed by atoms with Gasteiger partial charge in [0.15, 0.2) is 5.11 Å². The molecule has 1 aromatic carbocycles. The maximum atomic E-state index is 5.65. The van der Waals surface area contributed by atoms with Gasteiger partial charge in [0.25, 0.3) is 0 Å². The van der Waals surface area contributed by atoms with Crippen LogP contribution in [-0.4, -0.2) is 57.4 Å². The summed E-state index contributed by atoms with van der Waals surface area (Å²) in [5.74, 6) is 0. The fourth-order valence-electron chi connectivity index (χ4n) is 3.75. The van der Waals surface area contributed by atoms with E-state index in [1.54, 1.807) is 0 Å². The van der Waals surface area contributed by atoms with Crippen molar-refractivity contribution in [1.29, 1.82) is 0 Å². The zero-order valence-corrected chi connectivity index (χ0v) is 15.5. The lowest BCUT2D eigenvalue weighted by molar-refractivity contribution is 0.113. The highest BCUT2D eigenvalue weighted by atomic mass is 32.1. The van der Waals surface area contributed by atoms with Gasteiger partial charge < -0.3 is 15.0 Å². The van der Waals surface area contributed by atoms with Crippen molar-refractivity contribution in [1.82, 2.24) is 25.2 Å². The molecule has 0 aliphatic carbocycles. The van der Waals surface area contributed by atoms with Crippen LogP contribution in [-0.2, 0) is 4.74 Å². The molecule has 2 saturated heterocycles. The number of rotatable bonds is 3. The Kier molecular flexibility index (Phi) is 4.85. The minimum Gasteiger partial charge on any atom is -0.376 e. The van der Waals surface area contributed by atoms with E-state index in [1.165, 1.54) is 5.56 Å². The molecule has 0 radical (unpaired) electrons. The number of likely N-dealkylation sites (tertiary alicyclic amines) is 1. The molecule has 1 atom stereocenters. The second-order valence-corrected chi connectivity index (χ2v) is 7.45. The monoisotopic (exact) mass is 359 g/mol. The molecule has 0 amide bonds. The summed E-state index contributed by atoms with van der Waals surface area (Å²) >= 11 is 5.56. The van der Waals surface area contributed by atoms with Crippen molar-refractivity contribution in [3.05, 3.63) is 23.8 Å². The molecule has 6 nitrogen and oxygen atoms in total. The summed E-state index contributed by atoms with van der Waals surface area (Å²) in [6.07, 6.45) is 4.69. The Hall–Kier alpha value is -1.73. The lowest BCUT2D eigenvalue weighted by Crippen LogP contribution is -2.46. The molecular weight excluding hydrogens is 334 g/mol. The molecule has 3 heterocycles. The molecule has 1 aromatic heterocycles. The predicted molar refractivity (Wildman–Crippen MR) is 102 cm³/mol. The summed E-state index contributed by atoms with van der Waals surface area (Å²) in [5.41, 5.74) is 3.33. The van der Waals surface area contributed by atoms with Gasteiger partial charge in [-0.3, -0.25) is 0 Å². The van der Waals surface area contributed by atoms with Crippen LogP contribution in [0, 0.1) is 6.92 Å². The molecule has 4 rings (SSSR count). The van der Waals surface area contributed by atoms with Gasteiger partial charge in [0.05, 0.1) is 17.7 Å². The standard InChI is InChI=1S/C18H25N5OS/c1-13-4-5-17-16(11-13)20-21-23(17)14-6-8-22(9-7-14)18(25)19-12-15-3-2-10-24-15/h4-5,11,14-15H,2-3,6-10,12H2,1H3,(H,19,25)/t15-/m0/s1. The molecule has 0 unspecified atom stereocenters. The van der Waals surface area contributed by atoms with Gasteiger partial charge in [-0.1, -0.05) is 11.3 Å². The van der Waals surface area contributed by atoms with Crippen LogP contribution in [0.2, 0.25) is 0 Å². The molecule has 2 aromatic rings. The second kappa shape index (κ2) is 7.25. The Labute approximate surface area is 153 Å². The molecular formula is C18H25N5OS. The van der Waals surface area contributed by atoms with E-state index in [-0.39, 0.29) is 0 Å². The molecule has 0 bridgehead atoms. The highest BCUT2D eigenvalue weighted by molar-refractivity contribution is 7.80. The van der Waals surface area contributed by atoms with Crippen molar-refractivity contribution in [3.8, 4) is 0 Å². The van der Waals surface area contributed by atoms with Crippen LogP contribution in [0.15, 0.2) is 18.2 Å². The normalized spacial score (nSPS) is 21.8. The predicted octanol–water partition coefficient (Wildman–Crippen LogP) is 2.43. The maximum Gasteiger partial charge on any atom is 0.169 e.